The predicted octanol–water partition coefficient (Wildman–Crippen LogP) is 2.57. The fourth-order valence-corrected chi connectivity index (χ4v) is 2.55. The van der Waals surface area contributed by atoms with Gasteiger partial charge in [-0.1, -0.05) is 0 Å². The number of amides is 1. The Hall–Kier alpha value is -3.09. The fourth-order valence-electron chi connectivity index (χ4n) is 2.55. The lowest BCUT2D eigenvalue weighted by molar-refractivity contribution is 0.0779. The van der Waals surface area contributed by atoms with Crippen LogP contribution >= 0.6 is 0 Å². The molecule has 0 fully saturated rings. The van der Waals surface area contributed by atoms with Crippen molar-refractivity contribution in [3.8, 4) is 17.0 Å². The molecule has 0 aliphatic rings. The van der Waals surface area contributed by atoms with Gasteiger partial charge in [-0.25, -0.2) is 0 Å². The van der Waals surface area contributed by atoms with Gasteiger partial charge in [0.1, 0.15) is 11.4 Å². The first kappa shape index (κ1) is 16.8. The number of ether oxygens (including phenoxy) is 1. The van der Waals surface area contributed by atoms with Gasteiger partial charge in [-0.05, 0) is 37.3 Å². The van der Waals surface area contributed by atoms with E-state index in [1.165, 1.54) is 0 Å². The Balaban J connectivity index is 1.70. The molecule has 0 spiro atoms. The van der Waals surface area contributed by atoms with E-state index in [0.717, 1.165) is 29.1 Å². The maximum Gasteiger partial charge on any atom is 0.271 e. The smallest absolute Gasteiger partial charge is 0.271 e. The first-order valence-corrected chi connectivity index (χ1v) is 8.07. The highest BCUT2D eigenvalue weighted by molar-refractivity contribution is 5.93. The quantitative estimate of drug-likeness (QED) is 0.749. The van der Waals surface area contributed by atoms with Crippen molar-refractivity contribution in [1.29, 1.82) is 0 Å². The van der Waals surface area contributed by atoms with E-state index in [1.54, 1.807) is 31.3 Å². The molecule has 130 valence electrons. The van der Waals surface area contributed by atoms with Crippen LogP contribution in [0.3, 0.4) is 0 Å². The molecule has 0 bridgehead atoms. The number of methoxy groups -OCH3 is 1. The summed E-state index contributed by atoms with van der Waals surface area (Å²) in [5, 5.41) is 11.3. The van der Waals surface area contributed by atoms with Crippen LogP contribution in [0.25, 0.3) is 11.3 Å². The summed E-state index contributed by atoms with van der Waals surface area (Å²) in [6.45, 7) is 3.33. The number of nitrogens with zero attached hydrogens (tertiary/aromatic N) is 4. The van der Waals surface area contributed by atoms with Crippen molar-refractivity contribution in [3.05, 3.63) is 54.0 Å². The third-order valence-electron chi connectivity index (χ3n) is 3.97. The van der Waals surface area contributed by atoms with Crippen molar-refractivity contribution in [2.24, 2.45) is 0 Å². The van der Waals surface area contributed by atoms with E-state index in [-0.39, 0.29) is 5.91 Å². The second kappa shape index (κ2) is 7.21. The summed E-state index contributed by atoms with van der Waals surface area (Å²) >= 11 is 0. The number of hydrogen-bond donors (Lipinski definition) is 1. The molecule has 0 unspecified atom stereocenters. The van der Waals surface area contributed by atoms with E-state index in [1.807, 2.05) is 42.1 Å². The number of aryl methyl sites for hydroxylation is 1. The second-order valence-electron chi connectivity index (χ2n) is 5.76. The Kier molecular flexibility index (Phi) is 4.83. The lowest BCUT2D eigenvalue weighted by Gasteiger charge is -2.14. The van der Waals surface area contributed by atoms with Gasteiger partial charge in [0.2, 0.25) is 0 Å². The molecule has 3 rings (SSSR count). The molecular weight excluding hydrogens is 318 g/mol. The highest BCUT2D eigenvalue weighted by atomic mass is 16.5. The number of benzene rings is 1. The molecule has 0 aliphatic heterocycles. The van der Waals surface area contributed by atoms with Crippen LogP contribution in [-0.2, 0) is 13.1 Å². The normalized spacial score (nSPS) is 10.7. The van der Waals surface area contributed by atoms with E-state index < -0.39 is 0 Å². The number of carbonyl (C=O) groups excluding carboxylic acids is 1. The average molecular weight is 339 g/mol. The average Bonchev–Trinajstić information content (AvgIpc) is 3.30. The molecule has 3 aromatic rings. The molecule has 0 saturated heterocycles. The van der Waals surface area contributed by atoms with Gasteiger partial charge in [-0.15, -0.1) is 0 Å². The number of H-pyrrole nitrogens is 1. The van der Waals surface area contributed by atoms with Gasteiger partial charge < -0.3 is 9.64 Å². The third kappa shape index (κ3) is 3.71. The zero-order valence-electron chi connectivity index (χ0n) is 14.6. The highest BCUT2D eigenvalue weighted by Crippen LogP contribution is 2.21. The van der Waals surface area contributed by atoms with Crippen LogP contribution in [0.1, 0.15) is 23.0 Å². The minimum atomic E-state index is -0.114. The number of nitrogens with one attached hydrogen (secondary N) is 1. The molecule has 2 heterocycles. The topological polar surface area (TPSA) is 76.0 Å². The Morgan fingerprint density at radius 3 is 2.72 bits per heavy atom. The maximum atomic E-state index is 12.6. The van der Waals surface area contributed by atoms with Crippen molar-refractivity contribution >= 4 is 5.91 Å². The molecule has 0 radical (unpaired) electrons. The summed E-state index contributed by atoms with van der Waals surface area (Å²) < 4.78 is 6.99. The van der Waals surface area contributed by atoms with Crippen LogP contribution in [0.15, 0.2) is 42.7 Å². The molecule has 7 heteroatoms. The van der Waals surface area contributed by atoms with Gasteiger partial charge in [-0.3, -0.25) is 14.6 Å². The van der Waals surface area contributed by atoms with Crippen molar-refractivity contribution in [2.45, 2.75) is 20.0 Å². The van der Waals surface area contributed by atoms with E-state index >= 15 is 0 Å². The van der Waals surface area contributed by atoms with Crippen LogP contribution in [0, 0.1) is 0 Å². The summed E-state index contributed by atoms with van der Waals surface area (Å²) in [6, 6.07) is 9.31. The highest BCUT2D eigenvalue weighted by Gasteiger charge is 2.16. The lowest BCUT2D eigenvalue weighted by atomic mass is 10.1. The Bertz CT molecular complexity index is 850. The van der Waals surface area contributed by atoms with E-state index in [4.69, 9.17) is 4.74 Å². The van der Waals surface area contributed by atoms with Gasteiger partial charge in [0.15, 0.2) is 0 Å². The first-order valence-electron chi connectivity index (χ1n) is 8.07. The number of aromatic nitrogens is 4. The number of hydrogen-bond acceptors (Lipinski definition) is 4. The molecule has 7 nitrogen and oxygen atoms in total. The van der Waals surface area contributed by atoms with Gasteiger partial charge in [0.05, 0.1) is 19.0 Å². The number of carbonyl (C=O) groups is 1. The standard InChI is InChI=1S/C18H21N5O2/c1-4-23-12-13(10-19-23)11-22(2)18(24)17-9-16(20-21-17)14-5-7-15(25-3)8-6-14/h5-10,12H,4,11H2,1-3H3,(H,20,21). The molecular formula is C18H21N5O2. The summed E-state index contributed by atoms with van der Waals surface area (Å²) in [4.78, 5) is 14.2. The van der Waals surface area contributed by atoms with Gasteiger partial charge >= 0.3 is 0 Å². The SMILES string of the molecule is CCn1cc(CN(C)C(=O)c2cc(-c3ccc(OC)cc3)n[nH]2)cn1. The Morgan fingerprint density at radius 1 is 1.32 bits per heavy atom. The minimum absolute atomic E-state index is 0.114. The second-order valence-corrected chi connectivity index (χ2v) is 5.76. The third-order valence-corrected chi connectivity index (χ3v) is 3.97. The van der Waals surface area contributed by atoms with Crippen LogP contribution in [0.5, 0.6) is 5.75 Å². The van der Waals surface area contributed by atoms with Gasteiger partial charge in [0, 0.05) is 37.5 Å². The summed E-state index contributed by atoms with van der Waals surface area (Å²) in [5.74, 6) is 0.666. The van der Waals surface area contributed by atoms with Crippen molar-refractivity contribution in [1.82, 2.24) is 24.9 Å². The van der Waals surface area contributed by atoms with Crippen molar-refractivity contribution in [2.75, 3.05) is 14.2 Å². The summed E-state index contributed by atoms with van der Waals surface area (Å²) in [7, 11) is 3.39. The van der Waals surface area contributed by atoms with E-state index in [2.05, 4.69) is 15.3 Å². The monoisotopic (exact) mass is 339 g/mol. The van der Waals surface area contributed by atoms with E-state index in [0.29, 0.717) is 12.2 Å². The Labute approximate surface area is 146 Å². The molecule has 0 aliphatic carbocycles. The van der Waals surface area contributed by atoms with Crippen LogP contribution in [-0.4, -0.2) is 44.9 Å². The number of rotatable bonds is 6. The largest absolute Gasteiger partial charge is 0.497 e. The van der Waals surface area contributed by atoms with E-state index in [9.17, 15) is 4.79 Å². The fraction of sp³-hybridized carbons (Fsp3) is 0.278. The summed E-state index contributed by atoms with van der Waals surface area (Å²) in [6.07, 6.45) is 3.72. The van der Waals surface area contributed by atoms with Crippen LogP contribution in [0.2, 0.25) is 0 Å². The molecule has 1 N–H and O–H groups in total. The van der Waals surface area contributed by atoms with Crippen LogP contribution in [0.4, 0.5) is 0 Å². The Morgan fingerprint density at radius 2 is 2.08 bits per heavy atom. The molecule has 2 aromatic heterocycles. The molecule has 1 amide bonds. The molecule has 1 aromatic carbocycles. The zero-order chi connectivity index (χ0) is 17.8. The van der Waals surface area contributed by atoms with Gasteiger partial charge in [0.25, 0.3) is 5.91 Å². The summed E-state index contributed by atoms with van der Waals surface area (Å²) in [5.41, 5.74) is 3.09. The number of aromatic amines is 1. The molecule has 25 heavy (non-hydrogen) atoms. The van der Waals surface area contributed by atoms with Crippen molar-refractivity contribution in [3.63, 3.8) is 0 Å². The maximum absolute atomic E-state index is 12.6. The van der Waals surface area contributed by atoms with Crippen molar-refractivity contribution < 1.29 is 9.53 Å². The molecule has 0 saturated carbocycles. The predicted molar refractivity (Wildman–Crippen MR) is 94.3 cm³/mol. The van der Waals surface area contributed by atoms with Crippen LogP contribution < -0.4 is 4.74 Å². The minimum Gasteiger partial charge on any atom is -0.497 e. The first-order chi connectivity index (χ1) is 12.1. The van der Waals surface area contributed by atoms with Gasteiger partial charge in [-0.2, -0.15) is 10.2 Å². The zero-order valence-corrected chi connectivity index (χ0v) is 14.6. The lowest BCUT2D eigenvalue weighted by Crippen LogP contribution is -2.26. The molecule has 0 atom stereocenters.